The van der Waals surface area contributed by atoms with Crippen LogP contribution in [0.15, 0.2) is 29.5 Å². The second-order valence-electron chi connectivity index (χ2n) is 5.34. The fraction of sp³-hybridized carbons (Fsp3) is 0.357. The van der Waals surface area contributed by atoms with Gasteiger partial charge in [0.05, 0.1) is 22.6 Å². The monoisotopic (exact) mass is 334 g/mol. The zero-order chi connectivity index (χ0) is 17.3. The summed E-state index contributed by atoms with van der Waals surface area (Å²) in [7, 11) is 0. The molecule has 2 aliphatic rings. The first-order valence-corrected chi connectivity index (χ1v) is 7.25. The molecule has 1 aromatic rings. The van der Waals surface area contributed by atoms with E-state index < -0.39 is 30.6 Å². The maximum absolute atomic E-state index is 12.1. The summed E-state index contributed by atoms with van der Waals surface area (Å²) >= 11 is 0. The molecule has 0 aromatic heterocycles. The number of hydrogen-bond donors (Lipinski definition) is 1. The van der Waals surface area contributed by atoms with Crippen molar-refractivity contribution in [2.45, 2.75) is 18.9 Å². The number of carbonyl (C=O) groups excluding carboxylic acids is 2. The number of aliphatic carboxylic acids is 1. The lowest BCUT2D eigenvalue weighted by molar-refractivity contribution is -0.712. The largest absolute Gasteiger partial charge is 0.569 e. The first-order valence-electron chi connectivity index (χ1n) is 7.25. The number of imide groups is 1. The number of carbonyl (C=O) groups is 3. The average molecular weight is 334 g/mol. The van der Waals surface area contributed by atoms with E-state index in [1.807, 2.05) is 0 Å². The van der Waals surface area contributed by atoms with E-state index in [0.29, 0.717) is 12.8 Å². The van der Waals surface area contributed by atoms with Crippen LogP contribution in [-0.2, 0) is 9.63 Å². The predicted molar refractivity (Wildman–Crippen MR) is 76.3 cm³/mol. The van der Waals surface area contributed by atoms with Gasteiger partial charge in [-0.05, 0) is 25.0 Å². The third-order valence-electron chi connectivity index (χ3n) is 3.92. The van der Waals surface area contributed by atoms with E-state index in [1.54, 1.807) is 12.1 Å². The van der Waals surface area contributed by atoms with Gasteiger partial charge in [0.2, 0.25) is 12.0 Å². The SMILES string of the molecule is O=C(O)[C@@H]1CCCN1[N+]([O-])=NOCN1C(=O)c2ccccc2C1=O. The third kappa shape index (κ3) is 2.62. The number of fused-ring (bicyclic) bond motifs is 1. The lowest BCUT2D eigenvalue weighted by Gasteiger charge is -2.16. The fourth-order valence-corrected chi connectivity index (χ4v) is 2.74. The molecule has 0 aliphatic carbocycles. The number of carboxylic acid groups (broad SMARTS) is 1. The Labute approximate surface area is 136 Å². The third-order valence-corrected chi connectivity index (χ3v) is 3.92. The number of amides is 2. The lowest BCUT2D eigenvalue weighted by atomic mass is 10.1. The second kappa shape index (κ2) is 6.14. The molecule has 1 aromatic carbocycles. The molecule has 0 unspecified atom stereocenters. The first-order chi connectivity index (χ1) is 11.5. The van der Waals surface area contributed by atoms with Crippen molar-refractivity contribution in [3.8, 4) is 0 Å². The Morgan fingerprint density at radius 2 is 1.96 bits per heavy atom. The molecule has 10 heteroatoms. The van der Waals surface area contributed by atoms with Gasteiger partial charge in [0, 0.05) is 0 Å². The van der Waals surface area contributed by atoms with Crippen LogP contribution in [0.1, 0.15) is 33.6 Å². The van der Waals surface area contributed by atoms with Gasteiger partial charge in [0.1, 0.15) is 0 Å². The molecule has 0 saturated carbocycles. The predicted octanol–water partition coefficient (Wildman–Crippen LogP) is 0.598. The summed E-state index contributed by atoms with van der Waals surface area (Å²) in [6.07, 6.45) is 0.881. The minimum Gasteiger partial charge on any atom is -0.569 e. The fourth-order valence-electron chi connectivity index (χ4n) is 2.74. The van der Waals surface area contributed by atoms with Crippen molar-refractivity contribution in [3.63, 3.8) is 0 Å². The number of rotatable bonds is 5. The molecule has 1 saturated heterocycles. The summed E-state index contributed by atoms with van der Waals surface area (Å²) in [4.78, 5) is 40.8. The quantitative estimate of drug-likeness (QED) is 0.361. The van der Waals surface area contributed by atoms with Crippen LogP contribution in [0.3, 0.4) is 0 Å². The first kappa shape index (κ1) is 15.7. The molecule has 2 amide bonds. The van der Waals surface area contributed by atoms with Crippen molar-refractivity contribution in [3.05, 3.63) is 40.6 Å². The maximum atomic E-state index is 12.1. The zero-order valence-electron chi connectivity index (χ0n) is 12.5. The molecule has 0 spiro atoms. The van der Waals surface area contributed by atoms with Gasteiger partial charge < -0.3 is 15.2 Å². The molecule has 3 rings (SSSR count). The van der Waals surface area contributed by atoms with E-state index in [1.165, 1.54) is 12.1 Å². The highest BCUT2D eigenvalue weighted by Gasteiger charge is 2.38. The van der Waals surface area contributed by atoms with Crippen LogP contribution in [0, 0.1) is 5.21 Å². The summed E-state index contributed by atoms with van der Waals surface area (Å²) in [5.41, 5.74) is 0.520. The van der Waals surface area contributed by atoms with Gasteiger partial charge in [-0.2, -0.15) is 0 Å². The summed E-state index contributed by atoms with van der Waals surface area (Å²) in [5.74, 6) is -2.19. The number of hydrazine groups is 1. The van der Waals surface area contributed by atoms with Crippen LogP contribution >= 0.6 is 0 Å². The molecule has 2 aliphatic heterocycles. The molecule has 0 radical (unpaired) electrons. The Kier molecular flexibility index (Phi) is 4.02. The number of benzene rings is 1. The van der Waals surface area contributed by atoms with Crippen molar-refractivity contribution >= 4 is 17.8 Å². The molecule has 1 fully saturated rings. The Bertz CT molecular complexity index is 699. The van der Waals surface area contributed by atoms with E-state index in [9.17, 15) is 19.6 Å². The van der Waals surface area contributed by atoms with Crippen LogP contribution in [0.25, 0.3) is 0 Å². The smallest absolute Gasteiger partial charge is 0.332 e. The lowest BCUT2D eigenvalue weighted by Crippen LogP contribution is -2.40. The summed E-state index contributed by atoms with van der Waals surface area (Å²) in [5, 5.41) is 25.1. The van der Waals surface area contributed by atoms with Gasteiger partial charge in [0.25, 0.3) is 11.8 Å². The van der Waals surface area contributed by atoms with E-state index in [0.717, 1.165) is 9.91 Å². The molecule has 1 N–H and O–H groups in total. The van der Waals surface area contributed by atoms with Gasteiger partial charge in [0.15, 0.2) is 6.04 Å². The van der Waals surface area contributed by atoms with Crippen molar-refractivity contribution in [1.29, 1.82) is 0 Å². The Balaban J connectivity index is 1.64. The minimum atomic E-state index is -1.12. The highest BCUT2D eigenvalue weighted by Crippen LogP contribution is 2.22. The Morgan fingerprint density at radius 1 is 1.33 bits per heavy atom. The second-order valence-corrected chi connectivity index (χ2v) is 5.34. The van der Waals surface area contributed by atoms with Gasteiger partial charge in [-0.3, -0.25) is 9.59 Å². The molecule has 0 bridgehead atoms. The van der Waals surface area contributed by atoms with Crippen molar-refractivity contribution in [1.82, 2.24) is 9.91 Å². The van der Waals surface area contributed by atoms with Crippen LogP contribution in [-0.4, -0.2) is 57.1 Å². The molecule has 10 nitrogen and oxygen atoms in total. The Hall–Kier alpha value is -3.17. The van der Waals surface area contributed by atoms with Crippen LogP contribution < -0.4 is 0 Å². The summed E-state index contributed by atoms with van der Waals surface area (Å²) in [6.45, 7) is -0.295. The molecular formula is C14H14N4O6. The molecule has 1 atom stereocenters. The van der Waals surface area contributed by atoms with Crippen molar-refractivity contribution in [2.75, 3.05) is 13.3 Å². The van der Waals surface area contributed by atoms with E-state index in [-0.39, 0.29) is 22.6 Å². The van der Waals surface area contributed by atoms with Gasteiger partial charge >= 0.3 is 5.97 Å². The van der Waals surface area contributed by atoms with Crippen molar-refractivity contribution in [2.24, 2.45) is 5.28 Å². The van der Waals surface area contributed by atoms with Crippen molar-refractivity contribution < 1.29 is 29.3 Å². The normalized spacial score (nSPS) is 20.5. The van der Waals surface area contributed by atoms with Gasteiger partial charge in [-0.25, -0.2) is 9.69 Å². The number of hydrogen-bond acceptors (Lipinski definition) is 6. The molecule has 2 heterocycles. The zero-order valence-corrected chi connectivity index (χ0v) is 12.5. The number of nitrogens with zero attached hydrogens (tertiary/aromatic N) is 4. The summed E-state index contributed by atoms with van der Waals surface area (Å²) < 4.78 is 0. The highest BCUT2D eigenvalue weighted by atomic mass is 16.7. The van der Waals surface area contributed by atoms with Gasteiger partial charge in [-0.1, -0.05) is 12.1 Å². The topological polar surface area (TPSA) is 126 Å². The molecular weight excluding hydrogens is 320 g/mol. The molecule has 24 heavy (non-hydrogen) atoms. The highest BCUT2D eigenvalue weighted by molar-refractivity contribution is 6.21. The van der Waals surface area contributed by atoms with Crippen LogP contribution in [0.4, 0.5) is 0 Å². The molecule has 126 valence electrons. The number of carboxylic acids is 1. The standard InChI is InChI=1S/C14H14N4O6/c19-12-9-4-1-2-5-10(9)13(20)16(12)8-24-15-18(23)17-7-3-6-11(17)14(21)22/h1-2,4-5,11H,3,6-8H2,(H,21,22)/t11-/m0/s1. The maximum Gasteiger partial charge on any atom is 0.332 e. The Morgan fingerprint density at radius 3 is 2.54 bits per heavy atom. The van der Waals surface area contributed by atoms with E-state index >= 15 is 0 Å². The summed E-state index contributed by atoms with van der Waals surface area (Å²) in [6, 6.07) is 5.35. The van der Waals surface area contributed by atoms with Crippen LogP contribution in [0.2, 0.25) is 0 Å². The average Bonchev–Trinajstić information content (AvgIpc) is 3.15. The van der Waals surface area contributed by atoms with E-state index in [4.69, 9.17) is 9.94 Å². The van der Waals surface area contributed by atoms with E-state index in [2.05, 4.69) is 5.28 Å². The van der Waals surface area contributed by atoms with Crippen LogP contribution in [0.5, 0.6) is 0 Å². The minimum absolute atomic E-state index is 0.0456. The van der Waals surface area contributed by atoms with Gasteiger partial charge in [-0.15, -0.1) is 5.01 Å².